The Bertz CT molecular complexity index is 641. The minimum atomic E-state index is 0.0675. The predicted octanol–water partition coefficient (Wildman–Crippen LogP) is 2.43. The van der Waals surface area contributed by atoms with Crippen LogP contribution in [0.1, 0.15) is 18.9 Å². The molecule has 3 N–H and O–H groups in total. The van der Waals surface area contributed by atoms with Gasteiger partial charge in [0.2, 0.25) is 17.0 Å². The summed E-state index contributed by atoms with van der Waals surface area (Å²) in [5, 5.41) is 6.96. The normalized spacial score (nSPS) is 11.0. The minimum Gasteiger partial charge on any atom is -0.368 e. The van der Waals surface area contributed by atoms with Crippen LogP contribution < -0.4 is 5.73 Å². The smallest absolute Gasteiger partial charge is 0.233 e. The number of thioether (sulfide) groups is 1. The highest BCUT2D eigenvalue weighted by atomic mass is 32.2. The van der Waals surface area contributed by atoms with E-state index in [0.29, 0.717) is 17.5 Å². The van der Waals surface area contributed by atoms with E-state index in [4.69, 9.17) is 5.73 Å². The Balaban J connectivity index is 1.86. The van der Waals surface area contributed by atoms with Gasteiger partial charge in [-0.15, -0.1) is 5.10 Å². The van der Waals surface area contributed by atoms with Gasteiger partial charge in [-0.1, -0.05) is 61.2 Å². The molecule has 0 saturated carbocycles. The number of aromatic amines is 1. The molecule has 7 heteroatoms. The number of H-pyrrole nitrogens is 1. The molecule has 0 atom stereocenters. The first-order valence-corrected chi connectivity index (χ1v) is 8.47. The highest BCUT2D eigenvalue weighted by molar-refractivity contribution is 7.99. The fourth-order valence-corrected chi connectivity index (χ4v) is 2.72. The summed E-state index contributed by atoms with van der Waals surface area (Å²) in [4.78, 5) is 18.1. The molecular formula is C16H21N5OS. The number of nitrogens with two attached hydrogens (primary N) is 1. The van der Waals surface area contributed by atoms with Crippen LogP contribution in [0.15, 0.2) is 41.6 Å². The first-order valence-electron chi connectivity index (χ1n) is 7.49. The molecule has 0 aliphatic heterocycles. The fourth-order valence-electron chi connectivity index (χ4n) is 2.01. The summed E-state index contributed by atoms with van der Waals surface area (Å²) in [6.07, 6.45) is 4.96. The zero-order chi connectivity index (χ0) is 16.5. The lowest BCUT2D eigenvalue weighted by molar-refractivity contribution is -0.127. The van der Waals surface area contributed by atoms with E-state index >= 15 is 0 Å². The third-order valence-electron chi connectivity index (χ3n) is 3.09. The van der Waals surface area contributed by atoms with E-state index in [9.17, 15) is 4.79 Å². The Kier molecular flexibility index (Phi) is 6.68. The Morgan fingerprint density at radius 2 is 2.17 bits per heavy atom. The summed E-state index contributed by atoms with van der Waals surface area (Å²) in [6.45, 7) is 3.39. The number of nitrogens with one attached hydrogen (secondary N) is 1. The molecule has 0 saturated heterocycles. The molecule has 0 bridgehead atoms. The summed E-state index contributed by atoms with van der Waals surface area (Å²) in [5.74, 6) is 0.630. The van der Waals surface area contributed by atoms with Gasteiger partial charge in [0.1, 0.15) is 0 Å². The SMILES string of the molecule is CCCN(CC=Cc1ccccc1)C(=O)CSc1n[nH]c(N)n1. The summed E-state index contributed by atoms with van der Waals surface area (Å²) in [7, 11) is 0. The van der Waals surface area contributed by atoms with Crippen molar-refractivity contribution in [3.8, 4) is 0 Å². The van der Waals surface area contributed by atoms with Gasteiger partial charge in [-0.2, -0.15) is 4.98 Å². The summed E-state index contributed by atoms with van der Waals surface area (Å²) in [6, 6.07) is 10.0. The zero-order valence-electron chi connectivity index (χ0n) is 13.1. The van der Waals surface area contributed by atoms with Crippen molar-refractivity contribution in [1.82, 2.24) is 20.1 Å². The number of hydrogen-bond acceptors (Lipinski definition) is 5. The lowest BCUT2D eigenvalue weighted by atomic mass is 10.2. The molecule has 1 aromatic carbocycles. The summed E-state index contributed by atoms with van der Waals surface area (Å²) >= 11 is 1.28. The first-order chi connectivity index (χ1) is 11.2. The van der Waals surface area contributed by atoms with Crippen molar-refractivity contribution in [2.75, 3.05) is 24.6 Å². The molecule has 1 heterocycles. The van der Waals surface area contributed by atoms with Crippen LogP contribution in [0, 0.1) is 0 Å². The Morgan fingerprint density at radius 1 is 1.39 bits per heavy atom. The number of benzene rings is 1. The Hall–Kier alpha value is -2.28. The third kappa shape index (κ3) is 5.78. The predicted molar refractivity (Wildman–Crippen MR) is 93.9 cm³/mol. The lowest BCUT2D eigenvalue weighted by Gasteiger charge is -2.20. The van der Waals surface area contributed by atoms with Crippen molar-refractivity contribution >= 4 is 29.7 Å². The number of carbonyl (C=O) groups excluding carboxylic acids is 1. The number of nitrogens with zero attached hydrogens (tertiary/aromatic N) is 3. The molecule has 0 aliphatic rings. The highest BCUT2D eigenvalue weighted by Gasteiger charge is 2.13. The van der Waals surface area contributed by atoms with Gasteiger partial charge >= 0.3 is 0 Å². The number of nitrogen functional groups attached to an aromatic ring is 1. The van der Waals surface area contributed by atoms with Crippen LogP contribution in [0.5, 0.6) is 0 Å². The van der Waals surface area contributed by atoms with Crippen LogP contribution in [0.3, 0.4) is 0 Å². The average molecular weight is 331 g/mol. The monoisotopic (exact) mass is 331 g/mol. The van der Waals surface area contributed by atoms with Gasteiger partial charge in [-0.05, 0) is 12.0 Å². The largest absolute Gasteiger partial charge is 0.368 e. The maximum atomic E-state index is 12.3. The van der Waals surface area contributed by atoms with Crippen molar-refractivity contribution in [2.24, 2.45) is 0 Å². The maximum absolute atomic E-state index is 12.3. The van der Waals surface area contributed by atoms with E-state index in [2.05, 4.69) is 22.1 Å². The van der Waals surface area contributed by atoms with Crippen LogP contribution in [0.25, 0.3) is 6.08 Å². The van der Waals surface area contributed by atoms with Gasteiger partial charge in [-0.25, -0.2) is 5.10 Å². The Morgan fingerprint density at radius 3 is 2.83 bits per heavy atom. The quantitative estimate of drug-likeness (QED) is 0.725. The fraction of sp³-hybridized carbons (Fsp3) is 0.312. The van der Waals surface area contributed by atoms with Crippen LogP contribution in [-0.4, -0.2) is 44.8 Å². The molecule has 6 nitrogen and oxygen atoms in total. The zero-order valence-corrected chi connectivity index (χ0v) is 13.9. The number of aromatic nitrogens is 3. The van der Waals surface area contributed by atoms with Crippen molar-refractivity contribution in [3.63, 3.8) is 0 Å². The van der Waals surface area contributed by atoms with Crippen molar-refractivity contribution in [3.05, 3.63) is 42.0 Å². The van der Waals surface area contributed by atoms with E-state index in [-0.39, 0.29) is 11.9 Å². The van der Waals surface area contributed by atoms with Crippen molar-refractivity contribution in [1.29, 1.82) is 0 Å². The van der Waals surface area contributed by atoms with E-state index < -0.39 is 0 Å². The molecule has 0 aliphatic carbocycles. The number of carbonyl (C=O) groups is 1. The van der Waals surface area contributed by atoms with E-state index in [0.717, 1.165) is 18.5 Å². The molecule has 0 fully saturated rings. The summed E-state index contributed by atoms with van der Waals surface area (Å²) < 4.78 is 0. The van der Waals surface area contributed by atoms with Crippen molar-refractivity contribution < 1.29 is 4.79 Å². The third-order valence-corrected chi connectivity index (χ3v) is 3.92. The molecule has 122 valence electrons. The van der Waals surface area contributed by atoms with Crippen LogP contribution in [0.2, 0.25) is 0 Å². The second-order valence-corrected chi connectivity index (χ2v) is 5.89. The standard InChI is InChI=1S/C16H21N5OS/c1-2-10-21(11-6-9-13-7-4-3-5-8-13)14(22)12-23-16-18-15(17)19-20-16/h3-9H,2,10-12H2,1H3,(H3,17,18,19,20). The van der Waals surface area contributed by atoms with Crippen LogP contribution in [-0.2, 0) is 4.79 Å². The van der Waals surface area contributed by atoms with Crippen LogP contribution in [0.4, 0.5) is 5.95 Å². The molecule has 0 unspecified atom stereocenters. The second kappa shape index (κ2) is 8.99. The van der Waals surface area contributed by atoms with Gasteiger partial charge in [0.15, 0.2) is 0 Å². The molecule has 1 aromatic heterocycles. The minimum absolute atomic E-state index is 0.0675. The average Bonchev–Trinajstić information content (AvgIpc) is 2.98. The first kappa shape index (κ1) is 17.1. The number of hydrogen-bond donors (Lipinski definition) is 2. The van der Waals surface area contributed by atoms with Gasteiger partial charge < -0.3 is 10.6 Å². The van der Waals surface area contributed by atoms with Gasteiger partial charge in [0.25, 0.3) is 0 Å². The van der Waals surface area contributed by atoms with E-state index in [1.165, 1.54) is 11.8 Å². The lowest BCUT2D eigenvalue weighted by Crippen LogP contribution is -2.33. The van der Waals surface area contributed by atoms with Gasteiger partial charge in [-0.3, -0.25) is 4.79 Å². The maximum Gasteiger partial charge on any atom is 0.233 e. The van der Waals surface area contributed by atoms with Crippen molar-refractivity contribution in [2.45, 2.75) is 18.5 Å². The van der Waals surface area contributed by atoms with Gasteiger partial charge in [0, 0.05) is 13.1 Å². The number of anilines is 1. The molecule has 1 amide bonds. The van der Waals surface area contributed by atoms with Gasteiger partial charge in [0.05, 0.1) is 5.75 Å². The molecule has 2 aromatic rings. The Labute approximate surface area is 140 Å². The summed E-state index contributed by atoms with van der Waals surface area (Å²) in [5.41, 5.74) is 6.59. The topological polar surface area (TPSA) is 87.9 Å². The van der Waals surface area contributed by atoms with E-state index in [1.807, 2.05) is 47.4 Å². The molecule has 2 rings (SSSR count). The highest BCUT2D eigenvalue weighted by Crippen LogP contribution is 2.14. The molecular weight excluding hydrogens is 310 g/mol. The molecule has 0 radical (unpaired) electrons. The molecule has 23 heavy (non-hydrogen) atoms. The van der Waals surface area contributed by atoms with E-state index in [1.54, 1.807) is 0 Å². The molecule has 0 spiro atoms. The number of rotatable bonds is 8. The second-order valence-electron chi connectivity index (χ2n) is 4.94. The van der Waals surface area contributed by atoms with Crippen LogP contribution >= 0.6 is 11.8 Å². The number of amides is 1.